The summed E-state index contributed by atoms with van der Waals surface area (Å²) in [5, 5.41) is 4.18. The van der Waals surface area contributed by atoms with Crippen LogP contribution in [0.25, 0.3) is 10.1 Å². The Balaban J connectivity index is 0.00000132. The Morgan fingerprint density at radius 1 is 1.29 bits per heavy atom. The van der Waals surface area contributed by atoms with E-state index in [0.29, 0.717) is 17.7 Å². The SMILES string of the molecule is Cl.O=C(N[C@H]1CN2CCC1CC2)c1nsc2ccccc12. The lowest BCUT2D eigenvalue weighted by Crippen LogP contribution is -2.57. The van der Waals surface area contributed by atoms with Gasteiger partial charge in [0.05, 0.1) is 4.70 Å². The van der Waals surface area contributed by atoms with Gasteiger partial charge in [0, 0.05) is 18.0 Å². The van der Waals surface area contributed by atoms with Crippen LogP contribution in [0.4, 0.5) is 0 Å². The molecule has 6 heteroatoms. The van der Waals surface area contributed by atoms with E-state index in [1.165, 1.54) is 37.5 Å². The van der Waals surface area contributed by atoms with Gasteiger partial charge in [-0.1, -0.05) is 18.2 Å². The van der Waals surface area contributed by atoms with Gasteiger partial charge in [0.1, 0.15) is 5.69 Å². The highest BCUT2D eigenvalue weighted by molar-refractivity contribution is 7.13. The molecule has 3 saturated heterocycles. The maximum absolute atomic E-state index is 12.5. The van der Waals surface area contributed by atoms with Crippen LogP contribution in [0, 0.1) is 5.92 Å². The Kier molecular flexibility index (Phi) is 4.15. The molecule has 0 saturated carbocycles. The minimum atomic E-state index is -0.0128. The standard InChI is InChI=1S/C15H17N3OS.ClH/c19-15(14-11-3-1-2-4-13(11)20-17-14)16-12-9-18-7-5-10(12)6-8-18;/h1-4,10,12H,5-9H2,(H,16,19);1H/t12-;/m0./s1. The molecule has 3 fully saturated rings. The van der Waals surface area contributed by atoms with E-state index in [1.54, 1.807) is 0 Å². The van der Waals surface area contributed by atoms with Gasteiger partial charge in [0.15, 0.2) is 0 Å². The molecule has 4 nitrogen and oxygen atoms in total. The van der Waals surface area contributed by atoms with Crippen molar-refractivity contribution in [3.05, 3.63) is 30.0 Å². The van der Waals surface area contributed by atoms with Crippen molar-refractivity contribution in [1.29, 1.82) is 0 Å². The van der Waals surface area contributed by atoms with Gasteiger partial charge in [-0.15, -0.1) is 12.4 Å². The first-order valence-electron chi connectivity index (χ1n) is 7.19. The highest BCUT2D eigenvalue weighted by atomic mass is 35.5. The third kappa shape index (κ3) is 2.65. The summed E-state index contributed by atoms with van der Waals surface area (Å²) in [6.45, 7) is 3.38. The van der Waals surface area contributed by atoms with Crippen molar-refractivity contribution < 1.29 is 4.79 Å². The number of piperidine rings is 3. The van der Waals surface area contributed by atoms with E-state index in [9.17, 15) is 4.79 Å². The van der Waals surface area contributed by atoms with E-state index in [-0.39, 0.29) is 18.3 Å². The second kappa shape index (κ2) is 5.91. The zero-order chi connectivity index (χ0) is 13.5. The van der Waals surface area contributed by atoms with Crippen LogP contribution in [0.5, 0.6) is 0 Å². The van der Waals surface area contributed by atoms with E-state index < -0.39 is 0 Å². The molecule has 3 aliphatic rings. The van der Waals surface area contributed by atoms with E-state index in [4.69, 9.17) is 0 Å². The van der Waals surface area contributed by atoms with Gasteiger partial charge in [-0.3, -0.25) is 4.79 Å². The monoisotopic (exact) mass is 323 g/mol. The summed E-state index contributed by atoms with van der Waals surface area (Å²) in [5.41, 5.74) is 0.585. The second-order valence-electron chi connectivity index (χ2n) is 5.75. The third-order valence-corrected chi connectivity index (χ3v) is 5.39. The van der Waals surface area contributed by atoms with Gasteiger partial charge < -0.3 is 10.2 Å². The molecular formula is C15H18ClN3OS. The van der Waals surface area contributed by atoms with Crippen molar-refractivity contribution >= 4 is 39.9 Å². The van der Waals surface area contributed by atoms with Crippen LogP contribution in [-0.2, 0) is 0 Å². The van der Waals surface area contributed by atoms with Crippen LogP contribution in [0.3, 0.4) is 0 Å². The molecular weight excluding hydrogens is 306 g/mol. The summed E-state index contributed by atoms with van der Waals surface area (Å²) in [4.78, 5) is 14.9. The fraction of sp³-hybridized carbons (Fsp3) is 0.467. The number of fused-ring (bicyclic) bond motifs is 4. The summed E-state index contributed by atoms with van der Waals surface area (Å²) in [7, 11) is 0. The van der Waals surface area contributed by atoms with Gasteiger partial charge in [-0.05, 0) is 49.4 Å². The minimum Gasteiger partial charge on any atom is -0.346 e. The van der Waals surface area contributed by atoms with Crippen LogP contribution in [-0.4, -0.2) is 40.9 Å². The first-order valence-corrected chi connectivity index (χ1v) is 7.96. The molecule has 4 heterocycles. The number of nitrogens with zero attached hydrogens (tertiary/aromatic N) is 2. The fourth-order valence-corrected chi connectivity index (χ4v) is 4.19. The fourth-order valence-electron chi connectivity index (χ4n) is 3.41. The largest absolute Gasteiger partial charge is 0.346 e. The smallest absolute Gasteiger partial charge is 0.271 e. The number of nitrogens with one attached hydrogen (secondary N) is 1. The van der Waals surface area contributed by atoms with E-state index in [0.717, 1.165) is 16.6 Å². The number of benzene rings is 1. The van der Waals surface area contributed by atoms with Gasteiger partial charge in [0.2, 0.25) is 0 Å². The maximum Gasteiger partial charge on any atom is 0.271 e. The average molecular weight is 324 g/mol. The third-order valence-electron chi connectivity index (χ3n) is 4.57. The quantitative estimate of drug-likeness (QED) is 0.923. The van der Waals surface area contributed by atoms with Crippen molar-refractivity contribution in [3.8, 4) is 0 Å². The zero-order valence-corrected chi connectivity index (χ0v) is 13.3. The highest BCUT2D eigenvalue weighted by Gasteiger charge is 2.35. The van der Waals surface area contributed by atoms with Crippen molar-refractivity contribution in [2.24, 2.45) is 5.92 Å². The first kappa shape index (κ1) is 14.8. The summed E-state index contributed by atoms with van der Waals surface area (Å²) < 4.78 is 5.41. The van der Waals surface area contributed by atoms with Crippen LogP contribution in [0.2, 0.25) is 0 Å². The van der Waals surface area contributed by atoms with Crippen LogP contribution >= 0.6 is 23.9 Å². The summed E-state index contributed by atoms with van der Waals surface area (Å²) in [6, 6.07) is 8.23. The van der Waals surface area contributed by atoms with E-state index in [2.05, 4.69) is 14.6 Å². The number of hydrogen-bond acceptors (Lipinski definition) is 4. The first-order chi connectivity index (χ1) is 9.81. The lowest BCUT2D eigenvalue weighted by molar-refractivity contribution is 0.0619. The van der Waals surface area contributed by atoms with Crippen LogP contribution in [0.1, 0.15) is 23.3 Å². The molecule has 1 amide bonds. The summed E-state index contributed by atoms with van der Waals surface area (Å²) >= 11 is 1.40. The second-order valence-corrected chi connectivity index (χ2v) is 6.55. The normalized spacial score (nSPS) is 27.3. The van der Waals surface area contributed by atoms with Crippen molar-refractivity contribution in [2.75, 3.05) is 19.6 Å². The number of amides is 1. The summed E-state index contributed by atoms with van der Waals surface area (Å²) in [6.07, 6.45) is 2.42. The topological polar surface area (TPSA) is 45.2 Å². The molecule has 0 unspecified atom stereocenters. The number of halogens is 1. The van der Waals surface area contributed by atoms with Crippen molar-refractivity contribution in [1.82, 2.24) is 14.6 Å². The predicted molar refractivity (Wildman–Crippen MR) is 87.3 cm³/mol. The van der Waals surface area contributed by atoms with Crippen molar-refractivity contribution in [2.45, 2.75) is 18.9 Å². The number of carbonyl (C=O) groups excluding carboxylic acids is 1. The number of rotatable bonds is 2. The molecule has 0 spiro atoms. The molecule has 1 aromatic heterocycles. The lowest BCUT2D eigenvalue weighted by Gasteiger charge is -2.44. The van der Waals surface area contributed by atoms with Gasteiger partial charge in [-0.2, -0.15) is 4.37 Å². The lowest BCUT2D eigenvalue weighted by atomic mass is 9.84. The van der Waals surface area contributed by atoms with Crippen LogP contribution < -0.4 is 5.32 Å². The van der Waals surface area contributed by atoms with Gasteiger partial charge in [-0.25, -0.2) is 0 Å². The molecule has 2 bridgehead atoms. The molecule has 112 valence electrons. The Hall–Kier alpha value is -1.17. The molecule has 2 aromatic rings. The van der Waals surface area contributed by atoms with Gasteiger partial charge >= 0.3 is 0 Å². The Morgan fingerprint density at radius 2 is 2.05 bits per heavy atom. The zero-order valence-electron chi connectivity index (χ0n) is 11.6. The van der Waals surface area contributed by atoms with E-state index >= 15 is 0 Å². The molecule has 5 rings (SSSR count). The Labute approximate surface area is 134 Å². The number of carbonyl (C=O) groups is 1. The minimum absolute atomic E-state index is 0. The van der Waals surface area contributed by atoms with Crippen LogP contribution in [0.15, 0.2) is 24.3 Å². The Morgan fingerprint density at radius 3 is 2.76 bits per heavy atom. The molecule has 0 aliphatic carbocycles. The number of hydrogen-bond donors (Lipinski definition) is 1. The molecule has 1 N–H and O–H groups in total. The molecule has 3 aliphatic heterocycles. The maximum atomic E-state index is 12.5. The Bertz CT molecular complexity index is 651. The average Bonchev–Trinajstić information content (AvgIpc) is 2.92. The van der Waals surface area contributed by atoms with E-state index in [1.807, 2.05) is 24.3 Å². The highest BCUT2D eigenvalue weighted by Crippen LogP contribution is 2.28. The van der Waals surface area contributed by atoms with Crippen molar-refractivity contribution in [3.63, 3.8) is 0 Å². The van der Waals surface area contributed by atoms with Gasteiger partial charge in [0.25, 0.3) is 5.91 Å². The molecule has 1 atom stereocenters. The molecule has 21 heavy (non-hydrogen) atoms. The number of aromatic nitrogens is 1. The molecule has 0 radical (unpaired) electrons. The summed E-state index contributed by atoms with van der Waals surface area (Å²) in [5.74, 6) is 0.634. The predicted octanol–water partition coefficient (Wildman–Crippen LogP) is 2.54. The molecule has 1 aromatic carbocycles.